The van der Waals surface area contributed by atoms with Gasteiger partial charge in [-0.25, -0.2) is 4.39 Å². The van der Waals surface area contributed by atoms with Gasteiger partial charge < -0.3 is 10.5 Å². The molecule has 0 radical (unpaired) electrons. The van der Waals surface area contributed by atoms with Crippen LogP contribution in [0.1, 0.15) is 21.5 Å². The molecule has 0 saturated carbocycles. The molecule has 0 unspecified atom stereocenters. The summed E-state index contributed by atoms with van der Waals surface area (Å²) in [7, 11) is 1.52. The number of ether oxygens (including phenoxy) is 1. The average Bonchev–Trinajstić information content (AvgIpc) is 2.46. The summed E-state index contributed by atoms with van der Waals surface area (Å²) in [5.74, 6) is -0.290. The van der Waals surface area contributed by atoms with Gasteiger partial charge in [-0.05, 0) is 30.3 Å². The number of primary amides is 1. The summed E-state index contributed by atoms with van der Waals surface area (Å²) in [5, 5.41) is 0. The van der Waals surface area contributed by atoms with E-state index in [-0.39, 0.29) is 5.82 Å². The monoisotopic (exact) mass is 349 g/mol. The zero-order chi connectivity index (χ0) is 15.4. The van der Waals surface area contributed by atoms with Gasteiger partial charge in [0.05, 0.1) is 7.11 Å². The summed E-state index contributed by atoms with van der Waals surface area (Å²) in [6.07, 6.45) is 3.29. The first-order chi connectivity index (χ1) is 10.0. The third kappa shape index (κ3) is 3.70. The Morgan fingerprint density at radius 2 is 1.90 bits per heavy atom. The molecule has 0 fully saturated rings. The highest BCUT2D eigenvalue weighted by atomic mass is 79.9. The van der Waals surface area contributed by atoms with Gasteiger partial charge in [-0.1, -0.05) is 34.1 Å². The molecule has 2 aromatic carbocycles. The van der Waals surface area contributed by atoms with E-state index in [1.165, 1.54) is 13.2 Å². The molecule has 0 atom stereocenters. The van der Waals surface area contributed by atoms with Crippen LogP contribution in [0.25, 0.3) is 12.2 Å². The minimum Gasteiger partial charge on any atom is -0.496 e. The smallest absolute Gasteiger partial charge is 0.248 e. The Morgan fingerprint density at radius 1 is 1.19 bits per heavy atom. The number of amides is 1. The molecule has 108 valence electrons. The van der Waals surface area contributed by atoms with Crippen LogP contribution in [0, 0.1) is 5.82 Å². The lowest BCUT2D eigenvalue weighted by Crippen LogP contribution is -2.10. The number of benzene rings is 2. The number of nitrogens with two attached hydrogens (primary N) is 1. The molecule has 0 aliphatic carbocycles. The van der Waals surface area contributed by atoms with Crippen molar-refractivity contribution in [2.24, 2.45) is 5.73 Å². The Morgan fingerprint density at radius 3 is 2.52 bits per heavy atom. The van der Waals surface area contributed by atoms with E-state index in [4.69, 9.17) is 10.5 Å². The normalized spacial score (nSPS) is 10.8. The molecule has 2 N–H and O–H groups in total. The van der Waals surface area contributed by atoms with Gasteiger partial charge in [-0.15, -0.1) is 0 Å². The SMILES string of the molecule is COc1ccc(C(N)=O)cc1/C=C/c1ccc(Br)cc1F. The fourth-order valence-corrected chi connectivity index (χ4v) is 2.17. The van der Waals surface area contributed by atoms with Crippen molar-refractivity contribution in [1.82, 2.24) is 0 Å². The summed E-state index contributed by atoms with van der Waals surface area (Å²) in [6, 6.07) is 9.63. The van der Waals surface area contributed by atoms with Crippen LogP contribution in [-0.2, 0) is 0 Å². The summed E-state index contributed by atoms with van der Waals surface area (Å²) < 4.78 is 19.6. The molecule has 1 amide bonds. The molecule has 0 bridgehead atoms. The van der Waals surface area contributed by atoms with Crippen molar-refractivity contribution >= 4 is 34.0 Å². The lowest BCUT2D eigenvalue weighted by Gasteiger charge is -2.06. The quantitative estimate of drug-likeness (QED) is 0.852. The highest BCUT2D eigenvalue weighted by Gasteiger charge is 2.06. The van der Waals surface area contributed by atoms with E-state index >= 15 is 0 Å². The van der Waals surface area contributed by atoms with E-state index in [1.807, 2.05) is 0 Å². The number of halogens is 2. The Kier molecular flexibility index (Phi) is 4.75. The van der Waals surface area contributed by atoms with Gasteiger partial charge in [-0.2, -0.15) is 0 Å². The Hall–Kier alpha value is -2.14. The van der Waals surface area contributed by atoms with Gasteiger partial charge in [0.1, 0.15) is 11.6 Å². The minimum absolute atomic E-state index is 0.342. The Balaban J connectivity index is 2.39. The van der Waals surface area contributed by atoms with Crippen LogP contribution in [0.15, 0.2) is 40.9 Å². The first kappa shape index (κ1) is 15.3. The molecule has 0 saturated heterocycles. The first-order valence-corrected chi connectivity index (χ1v) is 6.91. The van der Waals surface area contributed by atoms with Crippen LogP contribution in [0.5, 0.6) is 5.75 Å². The number of hydrogen-bond donors (Lipinski definition) is 1. The summed E-state index contributed by atoms with van der Waals surface area (Å²) in [5.41, 5.74) is 6.70. The molecule has 21 heavy (non-hydrogen) atoms. The van der Waals surface area contributed by atoms with E-state index in [1.54, 1.807) is 42.5 Å². The van der Waals surface area contributed by atoms with Gasteiger partial charge in [0, 0.05) is 21.2 Å². The van der Waals surface area contributed by atoms with Crippen LogP contribution in [-0.4, -0.2) is 13.0 Å². The number of rotatable bonds is 4. The number of carbonyl (C=O) groups excluding carboxylic acids is 1. The van der Waals surface area contributed by atoms with Crippen LogP contribution in [0.4, 0.5) is 4.39 Å². The molecule has 0 aromatic heterocycles. The molecule has 2 rings (SSSR count). The van der Waals surface area contributed by atoms with E-state index in [0.717, 1.165) is 0 Å². The molecular formula is C16H13BrFNO2. The summed E-state index contributed by atoms with van der Waals surface area (Å²) in [6.45, 7) is 0. The molecular weight excluding hydrogens is 337 g/mol. The maximum Gasteiger partial charge on any atom is 0.248 e. The zero-order valence-electron chi connectivity index (χ0n) is 11.3. The minimum atomic E-state index is -0.526. The van der Waals surface area contributed by atoms with Crippen LogP contribution >= 0.6 is 15.9 Å². The molecule has 3 nitrogen and oxygen atoms in total. The lowest BCUT2D eigenvalue weighted by atomic mass is 10.1. The van der Waals surface area contributed by atoms with Crippen molar-refractivity contribution < 1.29 is 13.9 Å². The summed E-state index contributed by atoms with van der Waals surface area (Å²) in [4.78, 5) is 11.2. The molecule has 0 aliphatic rings. The lowest BCUT2D eigenvalue weighted by molar-refractivity contribution is 0.1000. The van der Waals surface area contributed by atoms with E-state index in [9.17, 15) is 9.18 Å². The molecule has 2 aromatic rings. The van der Waals surface area contributed by atoms with E-state index in [0.29, 0.717) is 26.9 Å². The predicted octanol–water partition coefficient (Wildman–Crippen LogP) is 3.87. The fraction of sp³-hybridized carbons (Fsp3) is 0.0625. The highest BCUT2D eigenvalue weighted by molar-refractivity contribution is 9.10. The van der Waals surface area contributed by atoms with Gasteiger partial charge in [-0.3, -0.25) is 4.79 Å². The van der Waals surface area contributed by atoms with Crippen molar-refractivity contribution in [1.29, 1.82) is 0 Å². The maximum atomic E-state index is 13.8. The average molecular weight is 350 g/mol. The zero-order valence-corrected chi connectivity index (χ0v) is 12.9. The van der Waals surface area contributed by atoms with Gasteiger partial charge in [0.15, 0.2) is 0 Å². The Bertz CT molecular complexity index is 713. The van der Waals surface area contributed by atoms with Crippen molar-refractivity contribution in [2.75, 3.05) is 7.11 Å². The second-order valence-corrected chi connectivity index (χ2v) is 5.24. The summed E-state index contributed by atoms with van der Waals surface area (Å²) >= 11 is 3.21. The number of carbonyl (C=O) groups is 1. The predicted molar refractivity (Wildman–Crippen MR) is 84.5 cm³/mol. The Labute approximate surface area is 130 Å². The van der Waals surface area contributed by atoms with Crippen molar-refractivity contribution in [2.45, 2.75) is 0 Å². The maximum absolute atomic E-state index is 13.8. The van der Waals surface area contributed by atoms with Gasteiger partial charge in [0.2, 0.25) is 5.91 Å². The third-order valence-electron chi connectivity index (χ3n) is 2.92. The second kappa shape index (κ2) is 6.54. The van der Waals surface area contributed by atoms with Gasteiger partial charge >= 0.3 is 0 Å². The van der Waals surface area contributed by atoms with Crippen LogP contribution in [0.3, 0.4) is 0 Å². The van der Waals surface area contributed by atoms with Crippen molar-refractivity contribution in [3.8, 4) is 5.75 Å². The number of methoxy groups -OCH3 is 1. The van der Waals surface area contributed by atoms with Crippen LogP contribution < -0.4 is 10.5 Å². The van der Waals surface area contributed by atoms with Crippen molar-refractivity contribution in [3.63, 3.8) is 0 Å². The van der Waals surface area contributed by atoms with Gasteiger partial charge in [0.25, 0.3) is 0 Å². The highest BCUT2D eigenvalue weighted by Crippen LogP contribution is 2.23. The largest absolute Gasteiger partial charge is 0.496 e. The van der Waals surface area contributed by atoms with Crippen LogP contribution in [0.2, 0.25) is 0 Å². The fourth-order valence-electron chi connectivity index (χ4n) is 1.83. The van der Waals surface area contributed by atoms with E-state index in [2.05, 4.69) is 15.9 Å². The van der Waals surface area contributed by atoms with E-state index < -0.39 is 5.91 Å². The standard InChI is InChI=1S/C16H13BrFNO2/c1-21-15-7-5-12(16(19)20)8-11(15)3-2-10-4-6-13(17)9-14(10)18/h2-9H,1H3,(H2,19,20)/b3-2+. The van der Waals surface area contributed by atoms with Crippen molar-refractivity contribution in [3.05, 3.63) is 63.4 Å². The third-order valence-corrected chi connectivity index (χ3v) is 3.41. The molecule has 5 heteroatoms. The molecule has 0 spiro atoms. The topological polar surface area (TPSA) is 52.3 Å². The number of hydrogen-bond acceptors (Lipinski definition) is 2. The molecule has 0 aliphatic heterocycles. The molecule has 0 heterocycles. The second-order valence-electron chi connectivity index (χ2n) is 4.32. The first-order valence-electron chi connectivity index (χ1n) is 6.12.